The Labute approximate surface area is 271 Å². The molecule has 0 aromatic carbocycles. The third kappa shape index (κ3) is 31.5. The van der Waals surface area contributed by atoms with Gasteiger partial charge in [0.25, 0.3) is 10.1 Å². The molecule has 0 aromatic rings. The minimum atomic E-state index is -4.36. The molecule has 0 aliphatic carbocycles. The molecule has 2 unspecified atom stereocenters. The van der Waals surface area contributed by atoms with Crippen LogP contribution in [0.1, 0.15) is 149 Å². The van der Waals surface area contributed by atoms with Crippen LogP contribution in [-0.2, 0) is 14.9 Å². The molecule has 0 saturated carbocycles. The predicted molar refractivity (Wildman–Crippen MR) is 188 cm³/mol. The summed E-state index contributed by atoms with van der Waals surface area (Å²) < 4.78 is 32.3. The Bertz CT molecular complexity index is 920. The van der Waals surface area contributed by atoms with Crippen molar-refractivity contribution in [2.24, 2.45) is 0 Å². The zero-order chi connectivity index (χ0) is 32.6. The maximum Gasteiger partial charge on any atom is 0.267 e. The molecule has 0 radical (unpaired) electrons. The Morgan fingerprint density at radius 3 is 1.64 bits per heavy atom. The number of unbranched alkanes of at least 4 members (excludes halogenated alkanes) is 14. The van der Waals surface area contributed by atoms with Gasteiger partial charge in [0, 0.05) is 6.42 Å². The Morgan fingerprint density at radius 1 is 0.614 bits per heavy atom. The average Bonchev–Trinajstić information content (AvgIpc) is 2.98. The lowest BCUT2D eigenvalue weighted by molar-refractivity contribution is -0.122. The van der Waals surface area contributed by atoms with Gasteiger partial charge in [0.05, 0.1) is 17.9 Å². The maximum absolute atomic E-state index is 12.4. The van der Waals surface area contributed by atoms with Crippen LogP contribution >= 0.6 is 0 Å². The SMILES string of the molecule is CCCC/C=C\C/C=C\CCCCCCCC(=O)NC(CS(=O)(=O)O)C(O)/C=C/CC/C=C/CC/C=C/CCCCCCC. The molecule has 0 aromatic heterocycles. The first-order valence-electron chi connectivity index (χ1n) is 17.5. The Hall–Kier alpha value is -1.96. The van der Waals surface area contributed by atoms with Crippen molar-refractivity contribution in [3.63, 3.8) is 0 Å². The predicted octanol–water partition coefficient (Wildman–Crippen LogP) is 9.73. The molecule has 254 valence electrons. The molecule has 0 spiro atoms. The van der Waals surface area contributed by atoms with Crippen molar-refractivity contribution in [1.29, 1.82) is 0 Å². The summed E-state index contributed by atoms with van der Waals surface area (Å²) in [5.74, 6) is -1.03. The van der Waals surface area contributed by atoms with Gasteiger partial charge >= 0.3 is 0 Å². The van der Waals surface area contributed by atoms with E-state index in [4.69, 9.17) is 0 Å². The van der Waals surface area contributed by atoms with E-state index in [0.717, 1.165) is 70.6 Å². The molecule has 0 saturated heterocycles. The highest BCUT2D eigenvalue weighted by molar-refractivity contribution is 7.85. The normalized spacial score (nSPS) is 14.2. The molecule has 0 fully saturated rings. The van der Waals surface area contributed by atoms with Crippen LogP contribution in [0.25, 0.3) is 0 Å². The molecule has 7 heteroatoms. The first-order valence-corrected chi connectivity index (χ1v) is 19.1. The van der Waals surface area contributed by atoms with Gasteiger partial charge in [-0.25, -0.2) is 0 Å². The van der Waals surface area contributed by atoms with Crippen molar-refractivity contribution < 1.29 is 22.9 Å². The van der Waals surface area contributed by atoms with Crippen molar-refractivity contribution in [1.82, 2.24) is 5.32 Å². The summed E-state index contributed by atoms with van der Waals surface area (Å²) in [4.78, 5) is 12.4. The number of carbonyl (C=O) groups excluding carboxylic acids is 1. The van der Waals surface area contributed by atoms with E-state index < -0.39 is 28.0 Å². The van der Waals surface area contributed by atoms with Crippen LogP contribution < -0.4 is 5.32 Å². The monoisotopic (exact) mass is 635 g/mol. The van der Waals surface area contributed by atoms with Gasteiger partial charge in [0.2, 0.25) is 5.91 Å². The lowest BCUT2D eigenvalue weighted by atomic mass is 10.1. The molecular weight excluding hydrogens is 570 g/mol. The topological polar surface area (TPSA) is 104 Å². The number of nitrogens with one attached hydrogen (secondary N) is 1. The standard InChI is InChI=1S/C37H65NO5S/c1-3-5-7-9-11-13-15-17-19-20-22-24-26-28-30-32-36(39)35(34-44(41,42)43)38-37(40)33-31-29-27-25-23-21-18-16-14-12-10-8-6-4-2/h10,12,15-18,22,24,30,32,35-36,39H,3-9,11,13-14,19-21,23,25-29,31,33-34H2,1-2H3,(H,38,40)(H,41,42,43)/b12-10-,17-15+,18-16-,24-22+,32-30+. The molecule has 0 aliphatic rings. The molecule has 6 nitrogen and oxygen atoms in total. The number of amides is 1. The third-order valence-corrected chi connectivity index (χ3v) is 8.17. The van der Waals surface area contributed by atoms with Gasteiger partial charge in [0.15, 0.2) is 0 Å². The Balaban J connectivity index is 4.15. The van der Waals surface area contributed by atoms with Crippen LogP contribution in [-0.4, -0.2) is 41.9 Å². The minimum Gasteiger partial charge on any atom is -0.387 e. The fourth-order valence-corrected chi connectivity index (χ4v) is 5.46. The molecule has 0 heterocycles. The van der Waals surface area contributed by atoms with Gasteiger partial charge < -0.3 is 10.4 Å². The van der Waals surface area contributed by atoms with Crippen LogP contribution in [0.15, 0.2) is 60.8 Å². The number of aliphatic hydroxyl groups is 1. The zero-order valence-corrected chi connectivity index (χ0v) is 28.8. The largest absolute Gasteiger partial charge is 0.387 e. The van der Waals surface area contributed by atoms with E-state index in [9.17, 15) is 22.9 Å². The van der Waals surface area contributed by atoms with Gasteiger partial charge in [0.1, 0.15) is 0 Å². The quantitative estimate of drug-likeness (QED) is 0.0414. The van der Waals surface area contributed by atoms with Crippen molar-refractivity contribution in [3.8, 4) is 0 Å². The van der Waals surface area contributed by atoms with Crippen LogP contribution in [0.3, 0.4) is 0 Å². The van der Waals surface area contributed by atoms with E-state index in [1.165, 1.54) is 51.0 Å². The van der Waals surface area contributed by atoms with Crippen molar-refractivity contribution >= 4 is 16.0 Å². The third-order valence-electron chi connectivity index (χ3n) is 7.39. The second kappa shape index (κ2) is 31.0. The Kier molecular flexibility index (Phi) is 29.7. The second-order valence-corrected chi connectivity index (χ2v) is 13.3. The van der Waals surface area contributed by atoms with Crippen LogP contribution in [0.4, 0.5) is 0 Å². The zero-order valence-electron chi connectivity index (χ0n) is 28.0. The number of allylic oxidation sites excluding steroid dienone is 9. The summed E-state index contributed by atoms with van der Waals surface area (Å²) in [6.07, 6.45) is 42.0. The summed E-state index contributed by atoms with van der Waals surface area (Å²) in [7, 11) is -4.36. The lowest BCUT2D eigenvalue weighted by Gasteiger charge is -2.21. The van der Waals surface area contributed by atoms with Crippen molar-refractivity contribution in [2.45, 2.75) is 161 Å². The van der Waals surface area contributed by atoms with E-state index in [1.54, 1.807) is 6.08 Å². The molecule has 0 bridgehead atoms. The average molecular weight is 636 g/mol. The van der Waals surface area contributed by atoms with E-state index in [0.29, 0.717) is 12.8 Å². The summed E-state index contributed by atoms with van der Waals surface area (Å²) in [6, 6.07) is -1.09. The molecule has 2 atom stereocenters. The summed E-state index contributed by atoms with van der Waals surface area (Å²) >= 11 is 0. The van der Waals surface area contributed by atoms with Crippen LogP contribution in [0, 0.1) is 0 Å². The fourth-order valence-electron chi connectivity index (χ4n) is 4.73. The number of carbonyl (C=O) groups is 1. The van der Waals surface area contributed by atoms with E-state index in [2.05, 4.69) is 67.8 Å². The summed E-state index contributed by atoms with van der Waals surface area (Å²) in [6.45, 7) is 4.44. The molecule has 3 N–H and O–H groups in total. The van der Waals surface area contributed by atoms with Crippen LogP contribution in [0.2, 0.25) is 0 Å². The first kappa shape index (κ1) is 42.0. The summed E-state index contributed by atoms with van der Waals surface area (Å²) in [5.41, 5.74) is 0. The molecule has 44 heavy (non-hydrogen) atoms. The second-order valence-electron chi connectivity index (χ2n) is 11.8. The van der Waals surface area contributed by atoms with Gasteiger partial charge in [-0.2, -0.15) is 8.42 Å². The van der Waals surface area contributed by atoms with Gasteiger partial charge in [-0.3, -0.25) is 9.35 Å². The van der Waals surface area contributed by atoms with Gasteiger partial charge in [-0.1, -0.05) is 132 Å². The summed E-state index contributed by atoms with van der Waals surface area (Å²) in [5, 5.41) is 13.1. The van der Waals surface area contributed by atoms with E-state index in [-0.39, 0.29) is 12.3 Å². The maximum atomic E-state index is 12.4. The Morgan fingerprint density at radius 2 is 1.07 bits per heavy atom. The van der Waals surface area contributed by atoms with E-state index >= 15 is 0 Å². The van der Waals surface area contributed by atoms with Gasteiger partial charge in [-0.15, -0.1) is 0 Å². The number of rotatable bonds is 30. The number of aliphatic hydroxyl groups excluding tert-OH is 1. The lowest BCUT2D eigenvalue weighted by Crippen LogP contribution is -2.46. The van der Waals surface area contributed by atoms with E-state index in [1.807, 2.05) is 0 Å². The molecule has 0 rings (SSSR count). The van der Waals surface area contributed by atoms with Gasteiger partial charge in [-0.05, 0) is 70.6 Å². The molecule has 1 amide bonds. The number of hydrogen-bond acceptors (Lipinski definition) is 4. The minimum absolute atomic E-state index is 0.265. The molecule has 0 aliphatic heterocycles. The fraction of sp³-hybridized carbons (Fsp3) is 0.703. The highest BCUT2D eigenvalue weighted by atomic mass is 32.2. The smallest absolute Gasteiger partial charge is 0.267 e. The highest BCUT2D eigenvalue weighted by Gasteiger charge is 2.24. The number of hydrogen-bond donors (Lipinski definition) is 3. The van der Waals surface area contributed by atoms with Crippen molar-refractivity contribution in [3.05, 3.63) is 60.8 Å². The highest BCUT2D eigenvalue weighted by Crippen LogP contribution is 2.10. The van der Waals surface area contributed by atoms with Crippen molar-refractivity contribution in [2.75, 3.05) is 5.75 Å². The first-order chi connectivity index (χ1) is 21.3. The van der Waals surface area contributed by atoms with Crippen LogP contribution in [0.5, 0.6) is 0 Å². The molecular formula is C37H65NO5S.